The van der Waals surface area contributed by atoms with Crippen LogP contribution in [0.5, 0.6) is 11.8 Å². The minimum absolute atomic E-state index is 0.381. The van der Waals surface area contributed by atoms with Gasteiger partial charge in [0.05, 0.1) is 0 Å². The van der Waals surface area contributed by atoms with Crippen LogP contribution in [0.2, 0.25) is 0 Å². The van der Waals surface area contributed by atoms with Crippen molar-refractivity contribution >= 4 is 15.9 Å². The molecule has 0 radical (unpaired) electrons. The Morgan fingerprint density at radius 2 is 2.05 bits per heavy atom. The van der Waals surface area contributed by atoms with Gasteiger partial charge < -0.3 is 10.1 Å². The molecule has 0 bridgehead atoms. The molecule has 0 amide bonds. The molecule has 1 N–H and O–H groups in total. The molecule has 0 aliphatic heterocycles. The van der Waals surface area contributed by atoms with Crippen LogP contribution >= 0.6 is 15.9 Å². The Labute approximate surface area is 134 Å². The first-order chi connectivity index (χ1) is 9.95. The highest BCUT2D eigenvalue weighted by atomic mass is 79.9. The van der Waals surface area contributed by atoms with E-state index in [4.69, 9.17) is 4.74 Å². The van der Waals surface area contributed by atoms with Gasteiger partial charge in [-0.25, -0.2) is 4.98 Å². The van der Waals surface area contributed by atoms with Crippen LogP contribution in [0.4, 0.5) is 0 Å². The molecule has 1 aromatic heterocycles. The van der Waals surface area contributed by atoms with E-state index < -0.39 is 0 Å². The van der Waals surface area contributed by atoms with Gasteiger partial charge in [-0.15, -0.1) is 0 Å². The fraction of sp³-hybridized carbons (Fsp3) is 0.375. The highest BCUT2D eigenvalue weighted by Crippen LogP contribution is 2.25. The van der Waals surface area contributed by atoms with E-state index in [9.17, 15) is 0 Å². The van der Waals surface area contributed by atoms with Gasteiger partial charge >= 0.3 is 6.01 Å². The number of nitrogens with zero attached hydrogens (tertiary/aromatic N) is 2. The van der Waals surface area contributed by atoms with Gasteiger partial charge in [0.15, 0.2) is 0 Å². The normalized spacial score (nSPS) is 11.0. The lowest BCUT2D eigenvalue weighted by molar-refractivity contribution is 0.435. The topological polar surface area (TPSA) is 47.0 Å². The molecule has 21 heavy (non-hydrogen) atoms. The minimum atomic E-state index is 0.381. The van der Waals surface area contributed by atoms with E-state index in [1.807, 2.05) is 38.2 Å². The molecule has 5 heteroatoms. The average molecular weight is 350 g/mol. The highest BCUT2D eigenvalue weighted by molar-refractivity contribution is 9.10. The summed E-state index contributed by atoms with van der Waals surface area (Å²) < 4.78 is 6.79. The number of hydrogen-bond donors (Lipinski definition) is 1. The van der Waals surface area contributed by atoms with E-state index in [2.05, 4.69) is 45.1 Å². The Bertz CT molecular complexity index is 629. The van der Waals surface area contributed by atoms with Gasteiger partial charge in [-0.3, -0.25) is 0 Å². The van der Waals surface area contributed by atoms with Gasteiger partial charge in [0.1, 0.15) is 5.75 Å². The van der Waals surface area contributed by atoms with Crippen LogP contribution in [0.25, 0.3) is 0 Å². The van der Waals surface area contributed by atoms with Crippen molar-refractivity contribution in [2.75, 3.05) is 0 Å². The Morgan fingerprint density at radius 3 is 2.67 bits per heavy atom. The summed E-state index contributed by atoms with van der Waals surface area (Å²) in [6, 6.07) is 6.67. The lowest BCUT2D eigenvalue weighted by Crippen LogP contribution is -2.22. The molecule has 0 atom stereocenters. The number of rotatable bonds is 5. The Balaban J connectivity index is 2.12. The maximum Gasteiger partial charge on any atom is 0.322 e. The summed E-state index contributed by atoms with van der Waals surface area (Å²) in [4.78, 5) is 8.72. The van der Waals surface area contributed by atoms with Crippen molar-refractivity contribution < 1.29 is 4.74 Å². The van der Waals surface area contributed by atoms with Crippen LogP contribution in [0.1, 0.15) is 30.7 Å². The summed E-state index contributed by atoms with van der Waals surface area (Å²) in [6.07, 6.45) is 1.82. The van der Waals surface area contributed by atoms with Gasteiger partial charge in [0.2, 0.25) is 0 Å². The molecule has 2 rings (SSSR count). The van der Waals surface area contributed by atoms with Gasteiger partial charge in [-0.1, -0.05) is 29.8 Å². The molecular weight excluding hydrogens is 330 g/mol. The second-order valence-electron chi connectivity index (χ2n) is 5.31. The predicted molar refractivity (Wildman–Crippen MR) is 87.7 cm³/mol. The predicted octanol–water partition coefficient (Wildman–Crippen LogP) is 4.15. The molecule has 0 aliphatic rings. The van der Waals surface area contributed by atoms with Crippen molar-refractivity contribution in [3.63, 3.8) is 0 Å². The summed E-state index contributed by atoms with van der Waals surface area (Å²) in [5.74, 6) is 0.769. The smallest absolute Gasteiger partial charge is 0.322 e. The lowest BCUT2D eigenvalue weighted by Gasteiger charge is -2.11. The van der Waals surface area contributed by atoms with Crippen molar-refractivity contribution in [1.29, 1.82) is 0 Å². The van der Waals surface area contributed by atoms with Crippen molar-refractivity contribution in [1.82, 2.24) is 15.3 Å². The molecule has 0 saturated carbocycles. The largest absolute Gasteiger partial charge is 0.424 e. The first-order valence-electron chi connectivity index (χ1n) is 6.95. The maximum atomic E-state index is 5.76. The van der Waals surface area contributed by atoms with Crippen LogP contribution < -0.4 is 10.1 Å². The second-order valence-corrected chi connectivity index (χ2v) is 6.23. The molecule has 0 aliphatic carbocycles. The third-order valence-electron chi connectivity index (χ3n) is 3.10. The Morgan fingerprint density at radius 1 is 1.29 bits per heavy atom. The average Bonchev–Trinajstić information content (AvgIpc) is 2.41. The summed E-state index contributed by atoms with van der Waals surface area (Å²) in [5.41, 5.74) is 3.06. The molecule has 0 saturated heterocycles. The Hall–Kier alpha value is -1.46. The van der Waals surface area contributed by atoms with Gasteiger partial charge in [0.25, 0.3) is 0 Å². The van der Waals surface area contributed by atoms with E-state index in [1.54, 1.807) is 0 Å². The van der Waals surface area contributed by atoms with Gasteiger partial charge in [-0.05, 0) is 37.6 Å². The van der Waals surface area contributed by atoms with Crippen molar-refractivity contribution in [3.05, 3.63) is 45.7 Å². The molecule has 1 heterocycles. The summed E-state index contributed by atoms with van der Waals surface area (Å²) in [6.45, 7) is 8.96. The fourth-order valence-electron chi connectivity index (χ4n) is 1.83. The highest BCUT2D eigenvalue weighted by Gasteiger charge is 2.08. The number of nitrogens with one attached hydrogen (secondary N) is 1. The molecule has 1 aromatic carbocycles. The van der Waals surface area contributed by atoms with Crippen LogP contribution in [0.3, 0.4) is 0 Å². The molecular formula is C16H20BrN3O. The number of aromatic nitrogens is 2. The molecule has 0 unspecified atom stereocenters. The standard InChI is InChI=1S/C16H20BrN3O/c1-10(2)18-8-13-9-19-16(20-12(13)4)21-15-6-5-14(17)7-11(15)3/h5-7,9-10,18H,8H2,1-4H3. The third kappa shape index (κ3) is 4.51. The van der Waals surface area contributed by atoms with E-state index >= 15 is 0 Å². The molecule has 2 aromatic rings. The fourth-order valence-corrected chi connectivity index (χ4v) is 2.31. The number of ether oxygens (including phenoxy) is 1. The van der Waals surface area contributed by atoms with E-state index in [0.29, 0.717) is 12.1 Å². The van der Waals surface area contributed by atoms with Crippen molar-refractivity contribution in [2.24, 2.45) is 0 Å². The summed E-state index contributed by atoms with van der Waals surface area (Å²) in [7, 11) is 0. The zero-order valence-corrected chi connectivity index (χ0v) is 14.4. The third-order valence-corrected chi connectivity index (χ3v) is 3.59. The molecule has 112 valence electrons. The lowest BCUT2D eigenvalue weighted by atomic mass is 10.2. The van der Waals surface area contributed by atoms with Gasteiger partial charge in [0, 0.05) is 34.5 Å². The monoisotopic (exact) mass is 349 g/mol. The maximum absolute atomic E-state index is 5.76. The molecule has 4 nitrogen and oxygen atoms in total. The molecule has 0 spiro atoms. The first kappa shape index (κ1) is 15.9. The SMILES string of the molecule is Cc1cc(Br)ccc1Oc1ncc(CNC(C)C)c(C)n1. The van der Waals surface area contributed by atoms with Crippen LogP contribution in [-0.2, 0) is 6.54 Å². The van der Waals surface area contributed by atoms with E-state index in [0.717, 1.165) is 33.6 Å². The Kier molecular flexibility index (Phi) is 5.31. The quantitative estimate of drug-likeness (QED) is 0.880. The number of hydrogen-bond acceptors (Lipinski definition) is 4. The zero-order valence-electron chi connectivity index (χ0n) is 12.8. The van der Waals surface area contributed by atoms with Crippen molar-refractivity contribution in [3.8, 4) is 11.8 Å². The summed E-state index contributed by atoms with van der Waals surface area (Å²) in [5, 5.41) is 3.36. The second kappa shape index (κ2) is 7.00. The molecule has 0 fully saturated rings. The summed E-state index contributed by atoms with van der Waals surface area (Å²) >= 11 is 3.44. The van der Waals surface area contributed by atoms with Crippen LogP contribution in [0, 0.1) is 13.8 Å². The van der Waals surface area contributed by atoms with Crippen LogP contribution in [0.15, 0.2) is 28.9 Å². The van der Waals surface area contributed by atoms with Crippen LogP contribution in [-0.4, -0.2) is 16.0 Å². The van der Waals surface area contributed by atoms with E-state index in [1.165, 1.54) is 0 Å². The number of aryl methyl sites for hydroxylation is 2. The zero-order chi connectivity index (χ0) is 15.4. The van der Waals surface area contributed by atoms with Crippen molar-refractivity contribution in [2.45, 2.75) is 40.3 Å². The minimum Gasteiger partial charge on any atom is -0.424 e. The first-order valence-corrected chi connectivity index (χ1v) is 7.75. The number of benzene rings is 1. The number of halogens is 1. The van der Waals surface area contributed by atoms with E-state index in [-0.39, 0.29) is 0 Å². The van der Waals surface area contributed by atoms with Gasteiger partial charge in [-0.2, -0.15) is 4.98 Å².